The number of hydrogen-bond acceptors (Lipinski definition) is 2. The first-order valence-corrected chi connectivity index (χ1v) is 6.20. The van der Waals surface area contributed by atoms with Crippen LogP contribution in [0.25, 0.3) is 0 Å². The highest BCUT2D eigenvalue weighted by atomic mass is 79.9. The lowest BCUT2D eigenvalue weighted by Crippen LogP contribution is -1.93. The predicted molar refractivity (Wildman–Crippen MR) is 62.3 cm³/mol. The van der Waals surface area contributed by atoms with Crippen LogP contribution in [0.3, 0.4) is 0 Å². The van der Waals surface area contributed by atoms with Gasteiger partial charge < -0.3 is 5.11 Å². The Morgan fingerprint density at radius 1 is 1.57 bits per heavy atom. The molecular weight excluding hydrogens is 264 g/mol. The summed E-state index contributed by atoms with van der Waals surface area (Å²) in [7, 11) is 0. The Labute approximate surface area is 96.1 Å². The summed E-state index contributed by atoms with van der Waals surface area (Å²) in [5.41, 5.74) is 0.855. The molecule has 0 aromatic carbocycles. The molecule has 0 atom stereocenters. The molecule has 4 heteroatoms. The molecular formula is C10H13BrO2S. The Morgan fingerprint density at radius 3 is 2.64 bits per heavy atom. The fraction of sp³-hybridized carbons (Fsp3) is 0.500. The van der Waals surface area contributed by atoms with Crippen LogP contribution in [0.4, 0.5) is 0 Å². The molecule has 0 radical (unpaired) electrons. The smallest absolute Gasteiger partial charge is 0.346 e. The topological polar surface area (TPSA) is 37.3 Å². The van der Waals surface area contributed by atoms with Gasteiger partial charge in [-0.05, 0) is 41.3 Å². The van der Waals surface area contributed by atoms with Crippen LogP contribution >= 0.6 is 27.3 Å². The van der Waals surface area contributed by atoms with Gasteiger partial charge >= 0.3 is 5.97 Å². The number of carbonyl (C=O) groups is 1. The maximum atomic E-state index is 10.9. The van der Waals surface area contributed by atoms with Crippen LogP contribution in [0.15, 0.2) is 4.47 Å². The van der Waals surface area contributed by atoms with Crippen molar-refractivity contribution in [2.75, 3.05) is 0 Å². The Bertz CT molecular complexity index is 344. The number of thiophene rings is 1. The Hall–Kier alpha value is -0.350. The third kappa shape index (κ3) is 2.36. The first-order chi connectivity index (χ1) is 6.57. The van der Waals surface area contributed by atoms with E-state index in [0.29, 0.717) is 4.88 Å². The van der Waals surface area contributed by atoms with Gasteiger partial charge in [-0.15, -0.1) is 11.3 Å². The lowest BCUT2D eigenvalue weighted by molar-refractivity contribution is 0.0701. The van der Waals surface area contributed by atoms with Crippen LogP contribution in [0, 0.1) is 6.92 Å². The summed E-state index contributed by atoms with van der Waals surface area (Å²) in [6.07, 6.45) is 3.21. The van der Waals surface area contributed by atoms with Crippen molar-refractivity contribution in [1.82, 2.24) is 0 Å². The van der Waals surface area contributed by atoms with Gasteiger partial charge in [0, 0.05) is 9.35 Å². The van der Waals surface area contributed by atoms with Gasteiger partial charge in [-0.25, -0.2) is 4.79 Å². The molecule has 1 N–H and O–H groups in total. The molecule has 0 saturated carbocycles. The number of aryl methyl sites for hydroxylation is 1. The van der Waals surface area contributed by atoms with Gasteiger partial charge in [0.25, 0.3) is 0 Å². The van der Waals surface area contributed by atoms with Crippen LogP contribution in [0.1, 0.15) is 39.9 Å². The lowest BCUT2D eigenvalue weighted by Gasteiger charge is -1.95. The Balaban J connectivity index is 2.96. The molecule has 1 aromatic rings. The van der Waals surface area contributed by atoms with Crippen LogP contribution < -0.4 is 0 Å². The number of halogens is 1. The van der Waals surface area contributed by atoms with Crippen LogP contribution in [0.2, 0.25) is 0 Å². The molecule has 2 nitrogen and oxygen atoms in total. The average Bonchev–Trinajstić information content (AvgIpc) is 2.42. The standard InChI is InChI=1S/C10H13BrO2S/c1-3-4-5-7-8(11)6(2)9(14-7)10(12)13/h3-5H2,1-2H3,(H,12,13). The highest BCUT2D eigenvalue weighted by Crippen LogP contribution is 2.33. The molecule has 0 unspecified atom stereocenters. The normalized spacial score (nSPS) is 10.5. The van der Waals surface area contributed by atoms with E-state index in [9.17, 15) is 4.79 Å². The zero-order valence-electron chi connectivity index (χ0n) is 8.26. The van der Waals surface area contributed by atoms with E-state index in [1.165, 1.54) is 11.3 Å². The summed E-state index contributed by atoms with van der Waals surface area (Å²) in [5, 5.41) is 8.92. The van der Waals surface area contributed by atoms with Gasteiger partial charge in [0.05, 0.1) is 0 Å². The first-order valence-electron chi connectivity index (χ1n) is 4.59. The van der Waals surface area contributed by atoms with E-state index in [-0.39, 0.29) is 0 Å². The third-order valence-corrected chi connectivity index (χ3v) is 4.77. The van der Waals surface area contributed by atoms with Crippen molar-refractivity contribution < 1.29 is 9.90 Å². The summed E-state index contributed by atoms with van der Waals surface area (Å²) in [5.74, 6) is -0.823. The minimum Gasteiger partial charge on any atom is -0.477 e. The fourth-order valence-electron chi connectivity index (χ4n) is 1.26. The average molecular weight is 277 g/mol. The second-order valence-electron chi connectivity index (χ2n) is 3.20. The summed E-state index contributed by atoms with van der Waals surface area (Å²) in [6.45, 7) is 3.98. The van der Waals surface area contributed by atoms with E-state index >= 15 is 0 Å². The molecule has 1 heterocycles. The first kappa shape index (κ1) is 11.7. The molecule has 0 aliphatic rings. The van der Waals surface area contributed by atoms with E-state index in [2.05, 4.69) is 22.9 Å². The Kier molecular flexibility index (Phi) is 4.13. The summed E-state index contributed by atoms with van der Waals surface area (Å²) in [4.78, 5) is 12.5. The number of hydrogen-bond donors (Lipinski definition) is 1. The number of unbranched alkanes of at least 4 members (excludes halogenated alkanes) is 1. The van der Waals surface area contributed by atoms with Gasteiger partial charge in [-0.3, -0.25) is 0 Å². The summed E-state index contributed by atoms with van der Waals surface area (Å²) in [6, 6.07) is 0. The minimum atomic E-state index is -0.823. The van der Waals surface area contributed by atoms with Crippen LogP contribution in [0.5, 0.6) is 0 Å². The number of carboxylic acid groups (broad SMARTS) is 1. The zero-order valence-corrected chi connectivity index (χ0v) is 10.7. The van der Waals surface area contributed by atoms with Crippen molar-refractivity contribution in [3.05, 3.63) is 19.8 Å². The van der Waals surface area contributed by atoms with Gasteiger partial charge in [-0.2, -0.15) is 0 Å². The van der Waals surface area contributed by atoms with E-state index < -0.39 is 5.97 Å². The maximum Gasteiger partial charge on any atom is 0.346 e. The number of rotatable bonds is 4. The third-order valence-electron chi connectivity index (χ3n) is 2.09. The molecule has 0 fully saturated rings. The lowest BCUT2D eigenvalue weighted by atomic mass is 10.2. The zero-order chi connectivity index (χ0) is 10.7. The molecule has 0 amide bonds. The van der Waals surface area contributed by atoms with Crippen molar-refractivity contribution in [2.24, 2.45) is 0 Å². The van der Waals surface area contributed by atoms with E-state index in [1.807, 2.05) is 6.92 Å². The van der Waals surface area contributed by atoms with Gasteiger partial charge in [0.1, 0.15) is 4.88 Å². The number of aromatic carboxylic acids is 1. The van der Waals surface area contributed by atoms with E-state index in [4.69, 9.17) is 5.11 Å². The van der Waals surface area contributed by atoms with Gasteiger partial charge in [-0.1, -0.05) is 13.3 Å². The van der Waals surface area contributed by atoms with Crippen molar-refractivity contribution in [1.29, 1.82) is 0 Å². The molecule has 14 heavy (non-hydrogen) atoms. The predicted octanol–water partition coefficient (Wildman–Crippen LogP) is 3.86. The van der Waals surface area contributed by atoms with Gasteiger partial charge in [0.15, 0.2) is 0 Å². The molecule has 0 aliphatic carbocycles. The molecule has 0 bridgehead atoms. The molecule has 0 saturated heterocycles. The van der Waals surface area contributed by atoms with Crippen molar-refractivity contribution in [3.63, 3.8) is 0 Å². The monoisotopic (exact) mass is 276 g/mol. The Morgan fingerprint density at radius 2 is 2.21 bits per heavy atom. The highest BCUT2D eigenvalue weighted by molar-refractivity contribution is 9.10. The van der Waals surface area contributed by atoms with Crippen molar-refractivity contribution in [3.8, 4) is 0 Å². The highest BCUT2D eigenvalue weighted by Gasteiger charge is 2.16. The van der Waals surface area contributed by atoms with E-state index in [0.717, 1.165) is 34.2 Å². The summed E-state index contributed by atoms with van der Waals surface area (Å²) >= 11 is 4.83. The molecule has 0 aliphatic heterocycles. The van der Waals surface area contributed by atoms with Crippen LogP contribution in [-0.2, 0) is 6.42 Å². The maximum absolute atomic E-state index is 10.9. The van der Waals surface area contributed by atoms with E-state index in [1.54, 1.807) is 0 Å². The quantitative estimate of drug-likeness (QED) is 0.907. The second kappa shape index (κ2) is 4.94. The van der Waals surface area contributed by atoms with Crippen molar-refractivity contribution >= 4 is 33.2 Å². The SMILES string of the molecule is CCCCc1sc(C(=O)O)c(C)c1Br. The largest absolute Gasteiger partial charge is 0.477 e. The molecule has 1 aromatic heterocycles. The number of carboxylic acids is 1. The van der Waals surface area contributed by atoms with Gasteiger partial charge in [0.2, 0.25) is 0 Å². The summed E-state index contributed by atoms with van der Waals surface area (Å²) < 4.78 is 0.980. The minimum absolute atomic E-state index is 0.461. The van der Waals surface area contributed by atoms with Crippen LogP contribution in [-0.4, -0.2) is 11.1 Å². The molecule has 0 spiro atoms. The van der Waals surface area contributed by atoms with Crippen molar-refractivity contribution in [2.45, 2.75) is 33.1 Å². The second-order valence-corrected chi connectivity index (χ2v) is 5.10. The molecule has 1 rings (SSSR count). The molecule has 78 valence electrons. The fourth-order valence-corrected chi connectivity index (χ4v) is 3.10.